The summed E-state index contributed by atoms with van der Waals surface area (Å²) in [6.45, 7) is 5.44. The van der Waals surface area contributed by atoms with E-state index in [1.54, 1.807) is 23.9 Å². The number of rotatable bonds is 2. The van der Waals surface area contributed by atoms with Crippen molar-refractivity contribution in [3.8, 4) is 0 Å². The molecule has 0 aromatic carbocycles. The first-order valence-corrected chi connectivity index (χ1v) is 11.8. The van der Waals surface area contributed by atoms with E-state index in [9.17, 15) is 9.59 Å². The highest BCUT2D eigenvalue weighted by molar-refractivity contribution is 8.11. The van der Waals surface area contributed by atoms with Gasteiger partial charge in [0.2, 0.25) is 0 Å². The van der Waals surface area contributed by atoms with Gasteiger partial charge in [0.1, 0.15) is 6.10 Å². The van der Waals surface area contributed by atoms with Gasteiger partial charge in [0, 0.05) is 18.3 Å². The number of thiol groups is 1. The Labute approximate surface area is 176 Å². The quantitative estimate of drug-likeness (QED) is 0.388. The lowest BCUT2D eigenvalue weighted by Gasteiger charge is -2.63. The normalized spacial score (nSPS) is 49.7. The number of allylic oxidation sites excluding steroid dienone is 4. The second-order valence-corrected chi connectivity index (χ2v) is 11.5. The first-order chi connectivity index (χ1) is 13.0. The van der Waals surface area contributed by atoms with E-state index in [-0.39, 0.29) is 27.1 Å². The predicted octanol–water partition coefficient (Wildman–Crippen LogP) is 4.92. The summed E-state index contributed by atoms with van der Waals surface area (Å²) in [5.41, 5.74) is -2.03. The first-order valence-electron chi connectivity index (χ1n) is 10.1. The van der Waals surface area contributed by atoms with Gasteiger partial charge in [0.05, 0.1) is 4.08 Å². The van der Waals surface area contributed by atoms with Crippen LogP contribution in [0.4, 0.5) is 4.39 Å². The third kappa shape index (κ3) is 2.43. The summed E-state index contributed by atoms with van der Waals surface area (Å²) < 4.78 is 22.8. The fraction of sp³-hybridized carbons (Fsp3) is 0.727. The van der Waals surface area contributed by atoms with Crippen LogP contribution >= 0.6 is 24.4 Å². The molecule has 6 heteroatoms. The molecule has 28 heavy (non-hydrogen) atoms. The molecule has 0 saturated heterocycles. The Morgan fingerprint density at radius 2 is 2.04 bits per heavy atom. The Morgan fingerprint density at radius 1 is 1.32 bits per heavy atom. The largest absolute Gasteiger partial charge is 0.459 e. The van der Waals surface area contributed by atoms with Crippen molar-refractivity contribution in [2.45, 2.75) is 68.7 Å². The number of thioether (sulfide) groups is 1. The van der Waals surface area contributed by atoms with Gasteiger partial charge in [-0.2, -0.15) is 12.6 Å². The Kier molecular flexibility index (Phi) is 4.67. The van der Waals surface area contributed by atoms with Gasteiger partial charge in [-0.3, -0.25) is 9.59 Å². The van der Waals surface area contributed by atoms with Gasteiger partial charge in [-0.05, 0) is 68.8 Å². The molecule has 4 rings (SSSR count). The van der Waals surface area contributed by atoms with E-state index >= 15 is 4.39 Å². The summed E-state index contributed by atoms with van der Waals surface area (Å²) in [5.74, 6) is -0.586. The number of esters is 1. The average Bonchev–Trinajstić information content (AvgIpc) is 2.88. The Morgan fingerprint density at radius 3 is 2.68 bits per heavy atom. The smallest absolute Gasteiger partial charge is 0.303 e. The maximum Gasteiger partial charge on any atom is 0.303 e. The van der Waals surface area contributed by atoms with Gasteiger partial charge in [-0.1, -0.05) is 18.6 Å². The van der Waals surface area contributed by atoms with Crippen molar-refractivity contribution in [3.05, 3.63) is 23.8 Å². The van der Waals surface area contributed by atoms with Crippen molar-refractivity contribution < 1.29 is 18.7 Å². The number of alkyl halides is 1. The molecule has 3 saturated carbocycles. The minimum atomic E-state index is -1.72. The Bertz CT molecular complexity index is 795. The summed E-state index contributed by atoms with van der Waals surface area (Å²) in [7, 11) is 0. The summed E-state index contributed by atoms with van der Waals surface area (Å²) in [6, 6.07) is 0. The molecule has 3 fully saturated rings. The molecular formula is C22H29FO3S2. The monoisotopic (exact) mass is 424 g/mol. The standard InChI is InChI=1S/C22H29FO3S2/c1-13(24)26-18-12-20(3)16(8-10-21(20,27)28-4)17-6-5-14-11-15(25)7-9-19(14,2)22(17,18)23/h7,9,11,16-18,27H,5-6,8,10,12H2,1-4H3/t16-,17-,18+,19-,20-,21-,22?/m0/s1. The van der Waals surface area contributed by atoms with E-state index in [1.807, 2.05) is 6.92 Å². The molecule has 0 amide bonds. The first kappa shape index (κ1) is 20.5. The van der Waals surface area contributed by atoms with E-state index in [1.165, 1.54) is 13.0 Å². The van der Waals surface area contributed by atoms with Crippen LogP contribution in [0.5, 0.6) is 0 Å². The van der Waals surface area contributed by atoms with Crippen LogP contribution in [0, 0.1) is 22.7 Å². The molecule has 0 heterocycles. The van der Waals surface area contributed by atoms with Crippen molar-refractivity contribution in [2.75, 3.05) is 6.26 Å². The molecule has 3 nitrogen and oxygen atoms in total. The van der Waals surface area contributed by atoms with Crippen molar-refractivity contribution in [1.29, 1.82) is 0 Å². The highest BCUT2D eigenvalue weighted by Crippen LogP contribution is 2.72. The molecule has 0 aromatic rings. The number of hydrogen-bond donors (Lipinski definition) is 1. The number of carbonyl (C=O) groups is 2. The molecule has 0 aromatic heterocycles. The van der Waals surface area contributed by atoms with Crippen LogP contribution in [-0.4, -0.2) is 33.9 Å². The lowest BCUT2D eigenvalue weighted by atomic mass is 9.46. The van der Waals surface area contributed by atoms with Gasteiger partial charge in [0.25, 0.3) is 0 Å². The fourth-order valence-electron chi connectivity index (χ4n) is 6.80. The number of ketones is 1. The number of carbonyl (C=O) groups excluding carboxylic acids is 2. The molecule has 4 aliphatic rings. The van der Waals surface area contributed by atoms with Gasteiger partial charge >= 0.3 is 5.97 Å². The van der Waals surface area contributed by atoms with Gasteiger partial charge < -0.3 is 4.74 Å². The summed E-state index contributed by atoms with van der Waals surface area (Å²) in [5, 5.41) is 0. The van der Waals surface area contributed by atoms with Crippen LogP contribution in [0.15, 0.2) is 23.8 Å². The summed E-state index contributed by atoms with van der Waals surface area (Å²) in [4.78, 5) is 23.9. The minimum Gasteiger partial charge on any atom is -0.459 e. The van der Waals surface area contributed by atoms with Crippen LogP contribution in [0.1, 0.15) is 52.9 Å². The van der Waals surface area contributed by atoms with E-state index in [2.05, 4.69) is 13.2 Å². The maximum atomic E-state index is 17.3. The average molecular weight is 425 g/mol. The maximum absolute atomic E-state index is 17.3. The molecule has 1 unspecified atom stereocenters. The molecule has 0 aliphatic heterocycles. The SMILES string of the molecule is CS[C@@]1(S)CC[C@H]2[C@@H]3CCC4=CC(=O)C=C[C@]4(C)C3(F)[C@H](OC(C)=O)C[C@@]21C. The zero-order valence-corrected chi connectivity index (χ0v) is 18.7. The summed E-state index contributed by atoms with van der Waals surface area (Å²) in [6.07, 6.45) is 9.72. The fourth-order valence-corrected chi connectivity index (χ4v) is 8.21. The van der Waals surface area contributed by atoms with Crippen LogP contribution in [-0.2, 0) is 14.3 Å². The zero-order chi connectivity index (χ0) is 20.5. The van der Waals surface area contributed by atoms with Gasteiger partial charge in [-0.25, -0.2) is 4.39 Å². The summed E-state index contributed by atoms with van der Waals surface area (Å²) >= 11 is 6.79. The molecule has 7 atom stereocenters. The Hall–Kier alpha value is -0.750. The zero-order valence-electron chi connectivity index (χ0n) is 17.0. The van der Waals surface area contributed by atoms with Crippen LogP contribution in [0.2, 0.25) is 0 Å². The molecule has 0 bridgehead atoms. The molecule has 0 spiro atoms. The van der Waals surface area contributed by atoms with Crippen LogP contribution in [0.3, 0.4) is 0 Å². The van der Waals surface area contributed by atoms with Crippen LogP contribution in [0.25, 0.3) is 0 Å². The second-order valence-electron chi connectivity index (χ2n) is 9.37. The lowest BCUT2D eigenvalue weighted by molar-refractivity contribution is -0.209. The molecule has 0 radical (unpaired) electrons. The van der Waals surface area contributed by atoms with E-state index in [0.717, 1.165) is 18.4 Å². The molecule has 4 aliphatic carbocycles. The number of ether oxygens (including phenoxy) is 1. The number of hydrogen-bond acceptors (Lipinski definition) is 5. The number of halogens is 1. The third-order valence-electron chi connectivity index (χ3n) is 8.34. The Balaban J connectivity index is 1.87. The van der Waals surface area contributed by atoms with E-state index < -0.39 is 23.2 Å². The molecular weight excluding hydrogens is 395 g/mol. The van der Waals surface area contributed by atoms with Crippen molar-refractivity contribution in [3.63, 3.8) is 0 Å². The molecule has 0 N–H and O–H groups in total. The van der Waals surface area contributed by atoms with Crippen LogP contribution < -0.4 is 0 Å². The highest BCUT2D eigenvalue weighted by atomic mass is 32.2. The molecule has 154 valence electrons. The van der Waals surface area contributed by atoms with Crippen molar-refractivity contribution in [2.24, 2.45) is 22.7 Å². The van der Waals surface area contributed by atoms with Crippen molar-refractivity contribution in [1.82, 2.24) is 0 Å². The van der Waals surface area contributed by atoms with Gasteiger partial charge in [0.15, 0.2) is 11.5 Å². The van der Waals surface area contributed by atoms with Crippen molar-refractivity contribution >= 4 is 36.1 Å². The van der Waals surface area contributed by atoms with E-state index in [4.69, 9.17) is 17.4 Å². The predicted molar refractivity (Wildman–Crippen MR) is 113 cm³/mol. The van der Waals surface area contributed by atoms with Gasteiger partial charge in [-0.15, -0.1) is 11.8 Å². The minimum absolute atomic E-state index is 0.0863. The number of fused-ring (bicyclic) bond motifs is 5. The topological polar surface area (TPSA) is 43.4 Å². The lowest BCUT2D eigenvalue weighted by Crippen LogP contribution is -2.68. The third-order valence-corrected chi connectivity index (χ3v) is 11.0. The highest BCUT2D eigenvalue weighted by Gasteiger charge is 2.73. The van der Waals surface area contributed by atoms with E-state index in [0.29, 0.717) is 19.3 Å². The second kappa shape index (κ2) is 6.37.